The van der Waals surface area contributed by atoms with E-state index in [1.54, 1.807) is 0 Å². The molecule has 2 nitrogen and oxygen atoms in total. The van der Waals surface area contributed by atoms with Crippen molar-refractivity contribution >= 4 is 0 Å². The van der Waals surface area contributed by atoms with Crippen LogP contribution in [0.25, 0.3) is 0 Å². The summed E-state index contributed by atoms with van der Waals surface area (Å²) in [5.74, 6) is 0. The lowest BCUT2D eigenvalue weighted by atomic mass is 10.1. The minimum absolute atomic E-state index is 0.517. The largest absolute Gasteiger partial charge is 0.374 e. The minimum atomic E-state index is 0.517. The highest BCUT2D eigenvalue weighted by molar-refractivity contribution is 4.74. The zero-order valence-electron chi connectivity index (χ0n) is 8.43. The first-order valence-corrected chi connectivity index (χ1v) is 5.81. The molecule has 1 aliphatic carbocycles. The first kappa shape index (κ1) is 9.47. The fourth-order valence-corrected chi connectivity index (χ4v) is 2.39. The normalized spacial score (nSPS) is 31.8. The summed E-state index contributed by atoms with van der Waals surface area (Å²) >= 11 is 0. The van der Waals surface area contributed by atoms with Gasteiger partial charge in [0.1, 0.15) is 0 Å². The zero-order valence-corrected chi connectivity index (χ0v) is 8.43. The van der Waals surface area contributed by atoms with E-state index in [4.69, 9.17) is 4.74 Å². The van der Waals surface area contributed by atoms with Crippen LogP contribution in [0.1, 0.15) is 44.9 Å². The Balaban J connectivity index is 1.71. The molecule has 0 radical (unpaired) electrons. The molecule has 1 saturated carbocycles. The van der Waals surface area contributed by atoms with Crippen LogP contribution in [-0.4, -0.2) is 25.3 Å². The van der Waals surface area contributed by atoms with E-state index in [9.17, 15) is 0 Å². The molecule has 0 aromatic heterocycles. The molecule has 2 aliphatic rings. The molecule has 1 atom stereocenters. The Hall–Kier alpha value is -0.0800. The molecule has 0 amide bonds. The van der Waals surface area contributed by atoms with Gasteiger partial charge in [0, 0.05) is 6.54 Å². The van der Waals surface area contributed by atoms with Crippen LogP contribution < -0.4 is 5.32 Å². The van der Waals surface area contributed by atoms with Gasteiger partial charge in [0.15, 0.2) is 0 Å². The molecule has 76 valence electrons. The average Bonchev–Trinajstić information content (AvgIpc) is 2.49. The minimum Gasteiger partial charge on any atom is -0.374 e. The quantitative estimate of drug-likeness (QED) is 0.662. The van der Waals surface area contributed by atoms with Gasteiger partial charge in [0.25, 0.3) is 0 Å². The van der Waals surface area contributed by atoms with Gasteiger partial charge in [-0.3, -0.25) is 0 Å². The van der Waals surface area contributed by atoms with Gasteiger partial charge in [-0.25, -0.2) is 0 Å². The van der Waals surface area contributed by atoms with Crippen LogP contribution in [0, 0.1) is 0 Å². The van der Waals surface area contributed by atoms with Crippen LogP contribution >= 0.6 is 0 Å². The smallest absolute Gasteiger partial charge is 0.0715 e. The molecule has 0 bridgehead atoms. The molecule has 0 unspecified atom stereocenters. The van der Waals surface area contributed by atoms with Gasteiger partial charge in [-0.2, -0.15) is 0 Å². The molecule has 2 rings (SSSR count). The predicted octanol–water partition coefficient (Wildman–Crippen LogP) is 2.09. The van der Waals surface area contributed by atoms with E-state index in [1.165, 1.54) is 44.9 Å². The predicted molar refractivity (Wildman–Crippen MR) is 53.8 cm³/mol. The summed E-state index contributed by atoms with van der Waals surface area (Å²) in [5.41, 5.74) is 0. The summed E-state index contributed by atoms with van der Waals surface area (Å²) in [6.07, 6.45) is 10.5. The van der Waals surface area contributed by atoms with Crippen molar-refractivity contribution in [2.75, 3.05) is 13.1 Å². The van der Waals surface area contributed by atoms with Crippen molar-refractivity contribution in [3.05, 3.63) is 0 Å². The number of hydrogen-bond acceptors (Lipinski definition) is 2. The number of hydrogen-bond donors (Lipinski definition) is 1. The van der Waals surface area contributed by atoms with Gasteiger partial charge in [-0.1, -0.05) is 25.7 Å². The maximum absolute atomic E-state index is 6.07. The molecule has 1 saturated heterocycles. The molecular formula is C11H21NO. The van der Waals surface area contributed by atoms with Crippen molar-refractivity contribution in [3.8, 4) is 0 Å². The molecule has 1 N–H and O–H groups in total. The highest BCUT2D eigenvalue weighted by Crippen LogP contribution is 2.22. The summed E-state index contributed by atoms with van der Waals surface area (Å²) < 4.78 is 6.07. The van der Waals surface area contributed by atoms with E-state index >= 15 is 0 Å². The molecule has 0 aromatic carbocycles. The van der Waals surface area contributed by atoms with E-state index in [1.807, 2.05) is 0 Å². The number of rotatable bonds is 2. The van der Waals surface area contributed by atoms with Crippen molar-refractivity contribution < 1.29 is 4.74 Å². The van der Waals surface area contributed by atoms with Crippen molar-refractivity contribution in [2.24, 2.45) is 0 Å². The van der Waals surface area contributed by atoms with Gasteiger partial charge >= 0.3 is 0 Å². The van der Waals surface area contributed by atoms with Crippen molar-refractivity contribution in [3.63, 3.8) is 0 Å². The van der Waals surface area contributed by atoms with Gasteiger partial charge in [0.2, 0.25) is 0 Å². The molecule has 2 fully saturated rings. The van der Waals surface area contributed by atoms with E-state index in [-0.39, 0.29) is 0 Å². The van der Waals surface area contributed by atoms with Crippen molar-refractivity contribution in [2.45, 2.75) is 57.2 Å². The second kappa shape index (κ2) is 4.97. The van der Waals surface area contributed by atoms with Crippen LogP contribution in [0.5, 0.6) is 0 Å². The Morgan fingerprint density at radius 3 is 2.23 bits per heavy atom. The molecule has 0 aromatic rings. The molecule has 1 aliphatic heterocycles. The van der Waals surface area contributed by atoms with Gasteiger partial charge in [-0.15, -0.1) is 0 Å². The van der Waals surface area contributed by atoms with Crippen LogP contribution in [-0.2, 0) is 4.74 Å². The second-order valence-electron chi connectivity index (χ2n) is 4.36. The van der Waals surface area contributed by atoms with Gasteiger partial charge in [-0.05, 0) is 25.8 Å². The van der Waals surface area contributed by atoms with E-state index in [2.05, 4.69) is 5.32 Å². The topological polar surface area (TPSA) is 21.3 Å². The summed E-state index contributed by atoms with van der Waals surface area (Å²) in [6.45, 7) is 2.23. The standard InChI is InChI=1S/C11H21NO/c1-2-4-6-10(5-3-1)13-11-7-8-12-9-11/h10-12H,1-9H2/t11-/m1/s1. The van der Waals surface area contributed by atoms with Crippen LogP contribution in [0.15, 0.2) is 0 Å². The van der Waals surface area contributed by atoms with E-state index in [0.29, 0.717) is 12.2 Å². The van der Waals surface area contributed by atoms with Gasteiger partial charge in [0.05, 0.1) is 12.2 Å². The fourth-order valence-electron chi connectivity index (χ4n) is 2.39. The lowest BCUT2D eigenvalue weighted by Gasteiger charge is -2.19. The summed E-state index contributed by atoms with van der Waals surface area (Å²) in [5, 5.41) is 3.35. The Kier molecular flexibility index (Phi) is 3.62. The van der Waals surface area contributed by atoms with E-state index in [0.717, 1.165) is 13.1 Å². The van der Waals surface area contributed by atoms with Gasteiger partial charge < -0.3 is 10.1 Å². The fraction of sp³-hybridized carbons (Fsp3) is 1.00. The third-order valence-corrected chi connectivity index (χ3v) is 3.20. The molecule has 0 spiro atoms. The zero-order chi connectivity index (χ0) is 8.93. The number of nitrogens with one attached hydrogen (secondary N) is 1. The second-order valence-corrected chi connectivity index (χ2v) is 4.36. The first-order chi connectivity index (χ1) is 6.45. The Labute approximate surface area is 81.0 Å². The third kappa shape index (κ3) is 2.96. The van der Waals surface area contributed by atoms with Crippen molar-refractivity contribution in [1.29, 1.82) is 0 Å². The molecule has 1 heterocycles. The molecular weight excluding hydrogens is 162 g/mol. The third-order valence-electron chi connectivity index (χ3n) is 3.20. The monoisotopic (exact) mass is 183 g/mol. The van der Waals surface area contributed by atoms with Crippen molar-refractivity contribution in [1.82, 2.24) is 5.32 Å². The Bertz CT molecular complexity index is 135. The molecule has 13 heavy (non-hydrogen) atoms. The molecule has 2 heteroatoms. The average molecular weight is 183 g/mol. The summed E-state index contributed by atoms with van der Waals surface area (Å²) in [6, 6.07) is 0. The highest BCUT2D eigenvalue weighted by atomic mass is 16.5. The number of ether oxygens (including phenoxy) is 1. The maximum Gasteiger partial charge on any atom is 0.0715 e. The van der Waals surface area contributed by atoms with Crippen LogP contribution in [0.4, 0.5) is 0 Å². The lowest BCUT2D eigenvalue weighted by molar-refractivity contribution is -0.00851. The Morgan fingerprint density at radius 2 is 1.62 bits per heavy atom. The lowest BCUT2D eigenvalue weighted by Crippen LogP contribution is -2.23. The summed E-state index contributed by atoms with van der Waals surface area (Å²) in [7, 11) is 0. The van der Waals surface area contributed by atoms with Crippen LogP contribution in [0.2, 0.25) is 0 Å². The maximum atomic E-state index is 6.07. The Morgan fingerprint density at radius 1 is 0.846 bits per heavy atom. The first-order valence-electron chi connectivity index (χ1n) is 5.81. The summed E-state index contributed by atoms with van der Waals surface area (Å²) in [4.78, 5) is 0. The SMILES string of the molecule is C1CCCC(O[C@@H]2CCNC2)CC1. The van der Waals surface area contributed by atoms with E-state index < -0.39 is 0 Å². The highest BCUT2D eigenvalue weighted by Gasteiger charge is 2.20. The van der Waals surface area contributed by atoms with Crippen LogP contribution in [0.3, 0.4) is 0 Å².